The zero-order valence-corrected chi connectivity index (χ0v) is 11.8. The van der Waals surface area contributed by atoms with Gasteiger partial charge in [0.1, 0.15) is 0 Å². The highest BCUT2D eigenvalue weighted by Gasteiger charge is 2.27. The number of amidine groups is 1. The van der Waals surface area contributed by atoms with Crippen LogP contribution in [0.15, 0.2) is 40.4 Å². The molecule has 108 valence electrons. The summed E-state index contributed by atoms with van der Waals surface area (Å²) in [5, 5.41) is 16.2. The number of benzene rings is 1. The first-order valence-corrected chi connectivity index (χ1v) is 7.23. The normalized spacial score (nSPS) is 16.3. The maximum atomic E-state index is 12.0. The minimum absolute atomic E-state index is 0.000760. The Kier molecular flexibility index (Phi) is 3.61. The molecule has 1 amide bonds. The lowest BCUT2D eigenvalue weighted by atomic mass is 10.2. The number of amides is 1. The third-order valence-electron chi connectivity index (χ3n) is 3.15. The smallest absolute Gasteiger partial charge is 0.269 e. The number of non-ortho nitro benzene ring substituents is 1. The average Bonchev–Trinajstić information content (AvgIpc) is 3.04. The number of carbonyl (C=O) groups is 1. The number of carbonyl (C=O) groups excluding carboxylic acids is 1. The van der Waals surface area contributed by atoms with E-state index < -0.39 is 4.92 Å². The molecule has 0 saturated heterocycles. The van der Waals surface area contributed by atoms with E-state index in [1.165, 1.54) is 36.0 Å². The number of nitro benzene ring substituents is 1. The first-order chi connectivity index (χ1) is 10.1. The molecule has 8 heteroatoms. The fraction of sp³-hybridized carbons (Fsp3) is 0.231. The minimum atomic E-state index is -0.472. The number of rotatable bonds is 4. The second-order valence-electron chi connectivity index (χ2n) is 4.57. The van der Waals surface area contributed by atoms with Crippen molar-refractivity contribution in [1.82, 2.24) is 4.90 Å². The van der Waals surface area contributed by atoms with E-state index in [0.717, 1.165) is 24.0 Å². The van der Waals surface area contributed by atoms with E-state index in [0.29, 0.717) is 5.69 Å². The van der Waals surface area contributed by atoms with Crippen LogP contribution in [0.2, 0.25) is 0 Å². The van der Waals surface area contributed by atoms with Crippen LogP contribution in [-0.2, 0) is 4.79 Å². The van der Waals surface area contributed by atoms with Gasteiger partial charge in [-0.15, -0.1) is 0 Å². The molecule has 2 aliphatic heterocycles. The van der Waals surface area contributed by atoms with E-state index in [1.807, 2.05) is 10.3 Å². The zero-order chi connectivity index (χ0) is 14.8. The molecule has 0 bridgehead atoms. The molecule has 7 nitrogen and oxygen atoms in total. The fourth-order valence-electron chi connectivity index (χ4n) is 2.15. The van der Waals surface area contributed by atoms with Crippen molar-refractivity contribution in [2.75, 3.05) is 18.4 Å². The number of anilines is 1. The lowest BCUT2D eigenvalue weighted by Crippen LogP contribution is -2.24. The molecule has 0 fully saturated rings. The van der Waals surface area contributed by atoms with Gasteiger partial charge in [0.05, 0.1) is 17.9 Å². The van der Waals surface area contributed by atoms with Crippen molar-refractivity contribution in [1.29, 1.82) is 0 Å². The van der Waals surface area contributed by atoms with E-state index in [-0.39, 0.29) is 18.0 Å². The highest BCUT2D eigenvalue weighted by Crippen LogP contribution is 2.31. The quantitative estimate of drug-likeness (QED) is 0.680. The first kappa shape index (κ1) is 13.6. The van der Waals surface area contributed by atoms with Gasteiger partial charge in [-0.25, -0.2) is 0 Å². The third kappa shape index (κ3) is 2.89. The summed E-state index contributed by atoms with van der Waals surface area (Å²) in [6.07, 6.45) is 0.267. The minimum Gasteiger partial charge on any atom is -0.326 e. The highest BCUT2D eigenvalue weighted by molar-refractivity contribution is 8.16. The summed E-state index contributed by atoms with van der Waals surface area (Å²) >= 11 is 1.53. The van der Waals surface area contributed by atoms with Crippen molar-refractivity contribution in [2.45, 2.75) is 6.42 Å². The largest absolute Gasteiger partial charge is 0.326 e. The van der Waals surface area contributed by atoms with Crippen LogP contribution in [0, 0.1) is 10.1 Å². The molecule has 0 aliphatic carbocycles. The Labute approximate surface area is 124 Å². The van der Waals surface area contributed by atoms with Gasteiger partial charge in [0, 0.05) is 30.1 Å². The number of nitrogens with zero attached hydrogens (tertiary/aromatic N) is 3. The predicted octanol–water partition coefficient (Wildman–Crippen LogP) is 2.18. The molecule has 0 aromatic heterocycles. The first-order valence-electron chi connectivity index (χ1n) is 6.35. The number of nitrogens with one attached hydrogen (secondary N) is 1. The van der Waals surface area contributed by atoms with Crippen LogP contribution < -0.4 is 5.32 Å². The maximum absolute atomic E-state index is 12.0. The van der Waals surface area contributed by atoms with E-state index in [4.69, 9.17) is 0 Å². The van der Waals surface area contributed by atoms with Crippen molar-refractivity contribution in [2.24, 2.45) is 4.99 Å². The number of hydrogen-bond acceptors (Lipinski definition) is 6. The van der Waals surface area contributed by atoms with Crippen LogP contribution in [0.4, 0.5) is 11.4 Å². The molecule has 1 aromatic carbocycles. The lowest BCUT2D eigenvalue weighted by molar-refractivity contribution is -0.384. The summed E-state index contributed by atoms with van der Waals surface area (Å²) < 4.78 is 0. The Balaban J connectivity index is 1.59. The van der Waals surface area contributed by atoms with Crippen LogP contribution in [0.1, 0.15) is 6.42 Å². The van der Waals surface area contributed by atoms with Gasteiger partial charge in [-0.1, -0.05) is 11.8 Å². The Morgan fingerprint density at radius 2 is 2.19 bits per heavy atom. The summed E-state index contributed by atoms with van der Waals surface area (Å²) in [6, 6.07) is 5.78. The zero-order valence-electron chi connectivity index (χ0n) is 11.0. The van der Waals surface area contributed by atoms with Crippen LogP contribution in [-0.4, -0.2) is 34.0 Å². The molecule has 2 aliphatic rings. The topological polar surface area (TPSA) is 87.8 Å². The monoisotopic (exact) mass is 304 g/mol. The Hall–Kier alpha value is -2.35. The molecule has 1 N–H and O–H groups in total. The number of thioether (sulfide) groups is 1. The van der Waals surface area contributed by atoms with Gasteiger partial charge in [-0.3, -0.25) is 19.9 Å². The Bertz CT molecular complexity index is 654. The Morgan fingerprint density at radius 3 is 2.90 bits per heavy atom. The summed E-state index contributed by atoms with van der Waals surface area (Å²) in [7, 11) is 0. The molecule has 21 heavy (non-hydrogen) atoms. The van der Waals surface area contributed by atoms with Gasteiger partial charge in [0.2, 0.25) is 5.91 Å². The summed E-state index contributed by atoms with van der Waals surface area (Å²) in [5.74, 6) is -0.149. The molecule has 0 radical (unpaired) electrons. The van der Waals surface area contributed by atoms with Crippen LogP contribution in [0.3, 0.4) is 0 Å². The van der Waals surface area contributed by atoms with Crippen molar-refractivity contribution in [3.8, 4) is 0 Å². The lowest BCUT2D eigenvalue weighted by Gasteiger charge is -2.16. The van der Waals surface area contributed by atoms with Gasteiger partial charge in [0.25, 0.3) is 5.69 Å². The molecule has 3 rings (SSSR count). The van der Waals surface area contributed by atoms with Gasteiger partial charge < -0.3 is 10.2 Å². The van der Waals surface area contributed by atoms with Gasteiger partial charge >= 0.3 is 0 Å². The summed E-state index contributed by atoms with van der Waals surface area (Å²) in [6.45, 7) is 1.59. The molecule has 0 unspecified atom stereocenters. The van der Waals surface area contributed by atoms with E-state index in [1.54, 1.807) is 0 Å². The number of aliphatic imine (C=N–C) groups is 1. The predicted molar refractivity (Wildman–Crippen MR) is 81.0 cm³/mol. The van der Waals surface area contributed by atoms with Crippen molar-refractivity contribution in [3.63, 3.8) is 0 Å². The third-order valence-corrected chi connectivity index (χ3v) is 4.10. The van der Waals surface area contributed by atoms with Crippen molar-refractivity contribution >= 4 is 34.2 Å². The van der Waals surface area contributed by atoms with Crippen LogP contribution >= 0.6 is 11.8 Å². The number of hydrogen-bond donors (Lipinski definition) is 1. The number of nitro groups is 1. The van der Waals surface area contributed by atoms with Gasteiger partial charge in [-0.05, 0) is 17.5 Å². The maximum Gasteiger partial charge on any atom is 0.269 e. The van der Waals surface area contributed by atoms with Gasteiger partial charge in [0.15, 0.2) is 5.17 Å². The number of fused-ring (bicyclic) bond motifs is 1. The molecular weight excluding hydrogens is 292 g/mol. The molecular formula is C13H12N4O3S. The molecule has 1 aromatic rings. The van der Waals surface area contributed by atoms with Crippen LogP contribution in [0.25, 0.3) is 0 Å². The molecule has 0 atom stereocenters. The summed E-state index contributed by atoms with van der Waals surface area (Å²) in [4.78, 5) is 28.5. The molecule has 0 spiro atoms. The van der Waals surface area contributed by atoms with Crippen LogP contribution in [0.5, 0.6) is 0 Å². The van der Waals surface area contributed by atoms with E-state index >= 15 is 0 Å². The van der Waals surface area contributed by atoms with Gasteiger partial charge in [-0.2, -0.15) is 0 Å². The van der Waals surface area contributed by atoms with Crippen molar-refractivity contribution < 1.29 is 9.72 Å². The second-order valence-corrected chi connectivity index (χ2v) is 5.41. The average molecular weight is 304 g/mol. The van der Waals surface area contributed by atoms with E-state index in [2.05, 4.69) is 10.3 Å². The van der Waals surface area contributed by atoms with Crippen molar-refractivity contribution in [3.05, 3.63) is 45.5 Å². The summed E-state index contributed by atoms with van der Waals surface area (Å²) in [5.41, 5.74) is 1.49. The standard InChI is InChI=1S/C13H12N4O3S/c18-12(7-11-8-21-13-14-5-6-16(11)13)15-9-1-3-10(4-2-9)17(19)20/h1-4,8H,5-7H2,(H,15,18). The highest BCUT2D eigenvalue weighted by atomic mass is 32.2. The fourth-order valence-corrected chi connectivity index (χ4v) is 3.11. The molecule has 0 saturated carbocycles. The Morgan fingerprint density at radius 1 is 1.43 bits per heavy atom. The molecule has 2 heterocycles. The second kappa shape index (κ2) is 5.57. The van der Waals surface area contributed by atoms with E-state index in [9.17, 15) is 14.9 Å². The SMILES string of the molecule is O=C(CC1=CSC2=NCCN12)Nc1ccc([N+](=O)[O-])cc1.